The highest BCUT2D eigenvalue weighted by atomic mass is 16.6. The molecule has 88 valence electrons. The quantitative estimate of drug-likeness (QED) is 0.727. The van der Waals surface area contributed by atoms with Crippen LogP contribution in [-0.4, -0.2) is 24.7 Å². The van der Waals surface area contributed by atoms with Crippen molar-refractivity contribution in [3.05, 3.63) is 0 Å². The van der Waals surface area contributed by atoms with Crippen LogP contribution in [0.15, 0.2) is 0 Å². The van der Waals surface area contributed by atoms with Gasteiger partial charge in [-0.2, -0.15) is 0 Å². The van der Waals surface area contributed by atoms with E-state index in [-0.39, 0.29) is 11.6 Å². The van der Waals surface area contributed by atoms with E-state index in [1.807, 2.05) is 20.8 Å². The van der Waals surface area contributed by atoms with E-state index in [4.69, 9.17) is 4.74 Å². The summed E-state index contributed by atoms with van der Waals surface area (Å²) < 4.78 is 5.20. The van der Waals surface area contributed by atoms with Gasteiger partial charge in [0.15, 0.2) is 0 Å². The number of nitrogens with one attached hydrogen (secondary N) is 1. The molecule has 1 N–H and O–H groups in total. The molecular formula is C12H23NO2. The van der Waals surface area contributed by atoms with Gasteiger partial charge in [0, 0.05) is 0 Å². The summed E-state index contributed by atoms with van der Waals surface area (Å²) in [4.78, 5) is 11.3. The minimum atomic E-state index is -0.369. The second-order valence-electron chi connectivity index (χ2n) is 5.37. The topological polar surface area (TPSA) is 38.3 Å². The third-order valence-electron chi connectivity index (χ3n) is 2.60. The number of hydrogen-bond donors (Lipinski definition) is 1. The van der Waals surface area contributed by atoms with Crippen molar-refractivity contribution in [3.63, 3.8) is 0 Å². The van der Waals surface area contributed by atoms with E-state index >= 15 is 0 Å². The van der Waals surface area contributed by atoms with Gasteiger partial charge in [0.25, 0.3) is 0 Å². The van der Waals surface area contributed by atoms with Gasteiger partial charge in [0.2, 0.25) is 0 Å². The zero-order valence-corrected chi connectivity index (χ0v) is 10.1. The molecule has 1 aliphatic carbocycles. The number of carbonyl (C=O) groups is 1. The lowest BCUT2D eigenvalue weighted by Gasteiger charge is -2.20. The Morgan fingerprint density at radius 3 is 2.47 bits per heavy atom. The maximum Gasteiger partial charge on any atom is 0.320 e. The first-order valence-corrected chi connectivity index (χ1v) is 5.90. The molecule has 0 radical (unpaired) electrons. The van der Waals surface area contributed by atoms with E-state index in [9.17, 15) is 4.79 Å². The molecule has 3 heteroatoms. The highest BCUT2D eigenvalue weighted by molar-refractivity contribution is 5.72. The van der Waals surface area contributed by atoms with Crippen molar-refractivity contribution >= 4 is 5.97 Å². The summed E-state index contributed by atoms with van der Waals surface area (Å²) in [6.07, 6.45) is 5.31. The van der Waals surface area contributed by atoms with E-state index in [0.29, 0.717) is 6.54 Å². The molecule has 0 aromatic rings. The highest BCUT2D eigenvalue weighted by Crippen LogP contribution is 2.23. The lowest BCUT2D eigenvalue weighted by Crippen LogP contribution is -2.33. The van der Waals surface area contributed by atoms with Crippen LogP contribution in [0.5, 0.6) is 0 Å². The third kappa shape index (κ3) is 5.78. The molecule has 0 atom stereocenters. The molecule has 0 bridgehead atoms. The van der Waals surface area contributed by atoms with Gasteiger partial charge in [-0.05, 0) is 46.1 Å². The molecular weight excluding hydrogens is 190 g/mol. The van der Waals surface area contributed by atoms with Crippen molar-refractivity contribution in [1.29, 1.82) is 0 Å². The molecule has 0 aromatic carbocycles. The lowest BCUT2D eigenvalue weighted by molar-refractivity contribution is -0.153. The number of ether oxygens (including phenoxy) is 1. The summed E-state index contributed by atoms with van der Waals surface area (Å²) in [6.45, 7) is 6.97. The van der Waals surface area contributed by atoms with Crippen LogP contribution < -0.4 is 5.32 Å². The van der Waals surface area contributed by atoms with Gasteiger partial charge < -0.3 is 10.1 Å². The second-order valence-corrected chi connectivity index (χ2v) is 5.37. The maximum atomic E-state index is 11.3. The number of esters is 1. The molecule has 0 saturated heterocycles. The lowest BCUT2D eigenvalue weighted by atomic mass is 10.1. The predicted octanol–water partition coefficient (Wildman–Crippen LogP) is 2.11. The Morgan fingerprint density at radius 1 is 1.33 bits per heavy atom. The van der Waals surface area contributed by atoms with Crippen molar-refractivity contribution in [3.8, 4) is 0 Å². The molecule has 0 aromatic heterocycles. The van der Waals surface area contributed by atoms with E-state index in [1.165, 1.54) is 25.7 Å². The summed E-state index contributed by atoms with van der Waals surface area (Å²) in [5.41, 5.74) is -0.369. The van der Waals surface area contributed by atoms with Gasteiger partial charge in [-0.1, -0.05) is 12.8 Å². The van der Waals surface area contributed by atoms with Crippen LogP contribution in [0.25, 0.3) is 0 Å². The Morgan fingerprint density at radius 2 is 1.93 bits per heavy atom. The van der Waals surface area contributed by atoms with Gasteiger partial charge in [-0.15, -0.1) is 0 Å². The molecule has 1 aliphatic rings. The molecule has 1 rings (SSSR count). The molecule has 3 nitrogen and oxygen atoms in total. The van der Waals surface area contributed by atoms with Crippen molar-refractivity contribution in [2.24, 2.45) is 5.92 Å². The molecule has 15 heavy (non-hydrogen) atoms. The van der Waals surface area contributed by atoms with E-state index in [0.717, 1.165) is 12.5 Å². The summed E-state index contributed by atoms with van der Waals surface area (Å²) in [7, 11) is 0. The fourth-order valence-electron chi connectivity index (χ4n) is 1.97. The molecule has 0 aliphatic heterocycles. The fourth-order valence-corrected chi connectivity index (χ4v) is 1.97. The summed E-state index contributed by atoms with van der Waals surface area (Å²) in [5.74, 6) is 0.618. The first-order chi connectivity index (χ1) is 6.97. The van der Waals surface area contributed by atoms with Gasteiger partial charge in [0.1, 0.15) is 5.60 Å². The van der Waals surface area contributed by atoms with Crippen LogP contribution >= 0.6 is 0 Å². The maximum absolute atomic E-state index is 11.3. The SMILES string of the molecule is CC(C)(C)OC(=O)CNCC1CCCC1. The number of hydrogen-bond acceptors (Lipinski definition) is 3. The normalized spacial score (nSPS) is 18.1. The third-order valence-corrected chi connectivity index (χ3v) is 2.60. The van der Waals surface area contributed by atoms with Crippen LogP contribution in [-0.2, 0) is 9.53 Å². The van der Waals surface area contributed by atoms with E-state index < -0.39 is 0 Å². The largest absolute Gasteiger partial charge is 0.459 e. The monoisotopic (exact) mass is 213 g/mol. The van der Waals surface area contributed by atoms with Crippen LogP contribution in [0.3, 0.4) is 0 Å². The first-order valence-electron chi connectivity index (χ1n) is 5.90. The Hall–Kier alpha value is -0.570. The van der Waals surface area contributed by atoms with Crippen LogP contribution in [0.2, 0.25) is 0 Å². The average molecular weight is 213 g/mol. The summed E-state index contributed by atoms with van der Waals surface area (Å²) in [5, 5.41) is 3.18. The van der Waals surface area contributed by atoms with Gasteiger partial charge in [-0.25, -0.2) is 0 Å². The molecule has 0 spiro atoms. The molecule has 0 amide bonds. The highest BCUT2D eigenvalue weighted by Gasteiger charge is 2.17. The van der Waals surface area contributed by atoms with Crippen molar-refractivity contribution < 1.29 is 9.53 Å². The molecule has 0 heterocycles. The number of rotatable bonds is 4. The van der Waals surface area contributed by atoms with Gasteiger partial charge in [-0.3, -0.25) is 4.79 Å². The average Bonchev–Trinajstić information content (AvgIpc) is 2.53. The standard InChI is InChI=1S/C12H23NO2/c1-12(2,3)15-11(14)9-13-8-10-6-4-5-7-10/h10,13H,4-9H2,1-3H3. The Bertz CT molecular complexity index is 202. The Labute approximate surface area is 92.6 Å². The minimum Gasteiger partial charge on any atom is -0.459 e. The van der Waals surface area contributed by atoms with E-state index in [2.05, 4.69) is 5.32 Å². The molecule has 1 fully saturated rings. The molecule has 1 saturated carbocycles. The van der Waals surface area contributed by atoms with Crippen LogP contribution in [0, 0.1) is 5.92 Å². The Kier molecular flexibility index (Phi) is 4.58. The van der Waals surface area contributed by atoms with Crippen molar-refractivity contribution in [1.82, 2.24) is 5.32 Å². The fraction of sp³-hybridized carbons (Fsp3) is 0.917. The first kappa shape index (κ1) is 12.5. The van der Waals surface area contributed by atoms with Crippen molar-refractivity contribution in [2.45, 2.75) is 52.1 Å². The van der Waals surface area contributed by atoms with Gasteiger partial charge in [0.05, 0.1) is 6.54 Å². The second kappa shape index (κ2) is 5.50. The van der Waals surface area contributed by atoms with Gasteiger partial charge >= 0.3 is 5.97 Å². The van der Waals surface area contributed by atoms with Crippen LogP contribution in [0.1, 0.15) is 46.5 Å². The molecule has 0 unspecified atom stereocenters. The number of carbonyl (C=O) groups excluding carboxylic acids is 1. The zero-order chi connectivity index (χ0) is 11.3. The van der Waals surface area contributed by atoms with Crippen LogP contribution in [0.4, 0.5) is 0 Å². The summed E-state index contributed by atoms with van der Waals surface area (Å²) >= 11 is 0. The minimum absolute atomic E-state index is 0.152. The smallest absolute Gasteiger partial charge is 0.320 e. The Balaban J connectivity index is 2.06. The zero-order valence-electron chi connectivity index (χ0n) is 10.1. The van der Waals surface area contributed by atoms with Crippen molar-refractivity contribution in [2.75, 3.05) is 13.1 Å². The van der Waals surface area contributed by atoms with E-state index in [1.54, 1.807) is 0 Å². The summed E-state index contributed by atoms with van der Waals surface area (Å²) in [6, 6.07) is 0. The predicted molar refractivity (Wildman–Crippen MR) is 60.7 cm³/mol.